The lowest BCUT2D eigenvalue weighted by molar-refractivity contribution is -0.137. The zero-order chi connectivity index (χ0) is 18.4. The molecule has 2 aromatic rings. The Balaban J connectivity index is 2.02. The van der Waals surface area contributed by atoms with E-state index in [-0.39, 0.29) is 6.42 Å². The highest BCUT2D eigenvalue weighted by Gasteiger charge is 2.09. The first-order valence-electron chi connectivity index (χ1n) is 8.54. The molecule has 0 aromatic heterocycles. The van der Waals surface area contributed by atoms with Crippen LogP contribution in [-0.2, 0) is 17.9 Å². The monoisotopic (exact) mass is 341 g/mol. The van der Waals surface area contributed by atoms with Crippen LogP contribution in [0.2, 0.25) is 0 Å². The van der Waals surface area contributed by atoms with Gasteiger partial charge in [-0.05, 0) is 50.1 Å². The third kappa shape index (κ3) is 5.91. The summed E-state index contributed by atoms with van der Waals surface area (Å²) in [7, 11) is 1.94. The van der Waals surface area contributed by atoms with Crippen LogP contribution in [0.25, 0.3) is 0 Å². The molecule has 0 atom stereocenters. The summed E-state index contributed by atoms with van der Waals surface area (Å²) in [5.74, 6) is 0.164. The minimum Gasteiger partial charge on any atom is -0.488 e. The van der Waals surface area contributed by atoms with Crippen molar-refractivity contribution in [2.75, 3.05) is 13.6 Å². The summed E-state index contributed by atoms with van der Waals surface area (Å²) >= 11 is 0. The van der Waals surface area contributed by atoms with Gasteiger partial charge in [-0.2, -0.15) is 0 Å². The number of carbonyl (C=O) groups is 1. The minimum absolute atomic E-state index is 0.159. The standard InChI is InChI=1S/C21H27NO3/c1-15-6-5-7-18(10-15)14-25-21-16(2)11-19(12-17(21)3)13-22(4)9-8-20(23)24/h5-7,10-12H,8-9,13-14H2,1-4H3,(H,23,24). The predicted molar refractivity (Wildman–Crippen MR) is 100 cm³/mol. The molecule has 0 aliphatic heterocycles. The molecule has 0 amide bonds. The van der Waals surface area contributed by atoms with E-state index in [0.29, 0.717) is 13.2 Å². The number of aliphatic carboxylic acids is 1. The minimum atomic E-state index is -0.765. The summed E-state index contributed by atoms with van der Waals surface area (Å²) in [5.41, 5.74) is 5.78. The fourth-order valence-corrected chi connectivity index (χ4v) is 2.99. The first kappa shape index (κ1) is 19.0. The van der Waals surface area contributed by atoms with Gasteiger partial charge in [-0.3, -0.25) is 4.79 Å². The van der Waals surface area contributed by atoms with Crippen molar-refractivity contribution in [1.82, 2.24) is 4.90 Å². The van der Waals surface area contributed by atoms with Gasteiger partial charge in [-0.1, -0.05) is 42.0 Å². The van der Waals surface area contributed by atoms with Crippen LogP contribution in [0.3, 0.4) is 0 Å². The van der Waals surface area contributed by atoms with Crippen molar-refractivity contribution in [1.29, 1.82) is 0 Å². The second-order valence-electron chi connectivity index (χ2n) is 6.72. The Hall–Kier alpha value is -2.33. The molecule has 0 heterocycles. The van der Waals surface area contributed by atoms with Crippen LogP contribution >= 0.6 is 0 Å². The lowest BCUT2D eigenvalue weighted by atomic mass is 10.0. The molecular formula is C21H27NO3. The average molecular weight is 341 g/mol. The number of rotatable bonds is 8. The van der Waals surface area contributed by atoms with Gasteiger partial charge in [0.15, 0.2) is 0 Å². The van der Waals surface area contributed by atoms with Crippen LogP contribution in [0.1, 0.15) is 34.2 Å². The Kier molecular flexibility index (Phi) is 6.59. The second kappa shape index (κ2) is 8.67. The third-order valence-electron chi connectivity index (χ3n) is 4.15. The number of hydrogen-bond donors (Lipinski definition) is 1. The van der Waals surface area contributed by atoms with Crippen LogP contribution in [0.15, 0.2) is 36.4 Å². The van der Waals surface area contributed by atoms with Gasteiger partial charge in [0.2, 0.25) is 0 Å². The molecule has 0 spiro atoms. The first-order valence-corrected chi connectivity index (χ1v) is 8.54. The maximum absolute atomic E-state index is 10.7. The number of hydrogen-bond acceptors (Lipinski definition) is 3. The van der Waals surface area contributed by atoms with Crippen molar-refractivity contribution in [3.05, 3.63) is 64.2 Å². The van der Waals surface area contributed by atoms with Gasteiger partial charge >= 0.3 is 5.97 Å². The van der Waals surface area contributed by atoms with E-state index in [1.165, 1.54) is 11.1 Å². The third-order valence-corrected chi connectivity index (χ3v) is 4.15. The molecule has 0 saturated carbocycles. The summed E-state index contributed by atoms with van der Waals surface area (Å²) in [6, 6.07) is 12.6. The molecule has 2 aromatic carbocycles. The zero-order valence-corrected chi connectivity index (χ0v) is 15.5. The maximum atomic E-state index is 10.7. The molecule has 4 nitrogen and oxygen atoms in total. The maximum Gasteiger partial charge on any atom is 0.304 e. The molecule has 0 aliphatic carbocycles. The van der Waals surface area contributed by atoms with E-state index in [1.807, 2.05) is 18.0 Å². The zero-order valence-electron chi connectivity index (χ0n) is 15.5. The quantitative estimate of drug-likeness (QED) is 0.785. The number of ether oxygens (including phenoxy) is 1. The predicted octanol–water partition coefficient (Wildman–Crippen LogP) is 4.10. The average Bonchev–Trinajstić information content (AvgIpc) is 2.52. The van der Waals surface area contributed by atoms with Gasteiger partial charge in [0.25, 0.3) is 0 Å². The van der Waals surface area contributed by atoms with Crippen molar-refractivity contribution < 1.29 is 14.6 Å². The second-order valence-corrected chi connectivity index (χ2v) is 6.72. The molecule has 1 N–H and O–H groups in total. The number of carboxylic acid groups (broad SMARTS) is 1. The molecule has 4 heteroatoms. The molecule has 0 bridgehead atoms. The summed E-state index contributed by atoms with van der Waals surface area (Å²) in [6.07, 6.45) is 0.159. The highest BCUT2D eigenvalue weighted by atomic mass is 16.5. The van der Waals surface area contributed by atoms with Crippen LogP contribution in [0, 0.1) is 20.8 Å². The fourth-order valence-electron chi connectivity index (χ4n) is 2.99. The van der Waals surface area contributed by atoms with Crippen LogP contribution < -0.4 is 4.74 Å². The molecule has 0 saturated heterocycles. The van der Waals surface area contributed by atoms with Crippen molar-refractivity contribution in [2.24, 2.45) is 0 Å². The molecule has 0 aliphatic rings. The smallest absolute Gasteiger partial charge is 0.304 e. The molecule has 25 heavy (non-hydrogen) atoms. The molecule has 0 radical (unpaired) electrons. The van der Waals surface area contributed by atoms with Gasteiger partial charge < -0.3 is 14.7 Å². The van der Waals surface area contributed by atoms with E-state index < -0.39 is 5.97 Å². The Morgan fingerprint density at radius 1 is 1.08 bits per heavy atom. The van der Waals surface area contributed by atoms with E-state index in [9.17, 15) is 4.79 Å². The van der Waals surface area contributed by atoms with Crippen LogP contribution in [0.5, 0.6) is 5.75 Å². The van der Waals surface area contributed by atoms with Crippen LogP contribution in [0.4, 0.5) is 0 Å². The highest BCUT2D eigenvalue weighted by Crippen LogP contribution is 2.26. The Morgan fingerprint density at radius 2 is 1.76 bits per heavy atom. The summed E-state index contributed by atoms with van der Waals surface area (Å²) in [6.45, 7) is 8.02. The van der Waals surface area contributed by atoms with Crippen molar-refractivity contribution in [3.63, 3.8) is 0 Å². The van der Waals surface area contributed by atoms with E-state index in [2.05, 4.69) is 51.1 Å². The largest absolute Gasteiger partial charge is 0.488 e. The van der Waals surface area contributed by atoms with Gasteiger partial charge in [0.05, 0.1) is 6.42 Å². The van der Waals surface area contributed by atoms with E-state index in [1.54, 1.807) is 0 Å². The normalized spacial score (nSPS) is 10.9. The Bertz CT molecular complexity index is 717. The first-order chi connectivity index (χ1) is 11.8. The topological polar surface area (TPSA) is 49.8 Å². The lowest BCUT2D eigenvalue weighted by Gasteiger charge is -2.18. The van der Waals surface area contributed by atoms with Crippen molar-refractivity contribution >= 4 is 5.97 Å². The van der Waals surface area contributed by atoms with Crippen LogP contribution in [-0.4, -0.2) is 29.6 Å². The fraction of sp³-hybridized carbons (Fsp3) is 0.381. The SMILES string of the molecule is Cc1cccc(COc2c(C)cc(CN(C)CCC(=O)O)cc2C)c1. The number of nitrogens with zero attached hydrogens (tertiary/aromatic N) is 1. The van der Waals surface area contributed by atoms with E-state index in [0.717, 1.165) is 29.0 Å². The van der Waals surface area contributed by atoms with Crippen molar-refractivity contribution in [2.45, 2.75) is 40.3 Å². The Labute approximate surface area is 150 Å². The lowest BCUT2D eigenvalue weighted by Crippen LogP contribution is -2.21. The number of aryl methyl sites for hydroxylation is 3. The molecule has 0 fully saturated rings. The van der Waals surface area contributed by atoms with Gasteiger partial charge in [-0.25, -0.2) is 0 Å². The molecule has 2 rings (SSSR count). The van der Waals surface area contributed by atoms with Gasteiger partial charge in [0, 0.05) is 13.1 Å². The number of benzene rings is 2. The number of carboxylic acids is 1. The van der Waals surface area contributed by atoms with E-state index in [4.69, 9.17) is 9.84 Å². The molecule has 134 valence electrons. The summed E-state index contributed by atoms with van der Waals surface area (Å²) in [4.78, 5) is 12.7. The van der Waals surface area contributed by atoms with Crippen molar-refractivity contribution in [3.8, 4) is 5.75 Å². The van der Waals surface area contributed by atoms with Gasteiger partial charge in [0.1, 0.15) is 12.4 Å². The summed E-state index contributed by atoms with van der Waals surface area (Å²) < 4.78 is 6.06. The van der Waals surface area contributed by atoms with E-state index >= 15 is 0 Å². The van der Waals surface area contributed by atoms with Gasteiger partial charge in [-0.15, -0.1) is 0 Å². The Morgan fingerprint density at radius 3 is 2.36 bits per heavy atom. The summed E-state index contributed by atoms with van der Waals surface area (Å²) in [5, 5.41) is 8.78. The highest BCUT2D eigenvalue weighted by molar-refractivity contribution is 5.66. The molecular weight excluding hydrogens is 314 g/mol. The molecule has 0 unspecified atom stereocenters.